The van der Waals surface area contributed by atoms with E-state index in [9.17, 15) is 4.79 Å². The van der Waals surface area contributed by atoms with Gasteiger partial charge in [0.15, 0.2) is 0 Å². The van der Waals surface area contributed by atoms with Gasteiger partial charge in [-0.3, -0.25) is 4.79 Å². The molecular formula is C8H14N2O. The van der Waals surface area contributed by atoms with Crippen LogP contribution in [0.1, 0.15) is 19.3 Å². The molecular weight excluding hydrogens is 140 g/mol. The quantitative estimate of drug-likeness (QED) is 0.556. The minimum absolute atomic E-state index is 0.168. The summed E-state index contributed by atoms with van der Waals surface area (Å²) in [7, 11) is 0. The van der Waals surface area contributed by atoms with Crippen molar-refractivity contribution in [2.45, 2.75) is 25.3 Å². The molecule has 1 rings (SSSR count). The minimum atomic E-state index is -0.494. The van der Waals surface area contributed by atoms with Crippen LogP contribution in [0.2, 0.25) is 0 Å². The van der Waals surface area contributed by atoms with Crippen LogP contribution in [-0.2, 0) is 4.79 Å². The number of nitrogens with two attached hydrogens (primary N) is 2. The monoisotopic (exact) mass is 154 g/mol. The van der Waals surface area contributed by atoms with Crippen molar-refractivity contribution in [3.63, 3.8) is 0 Å². The van der Waals surface area contributed by atoms with Crippen LogP contribution in [0.3, 0.4) is 0 Å². The Morgan fingerprint density at radius 1 is 1.64 bits per heavy atom. The zero-order valence-electron chi connectivity index (χ0n) is 6.49. The molecule has 2 atom stereocenters. The highest BCUT2D eigenvalue weighted by Gasteiger charge is 2.20. The summed E-state index contributed by atoms with van der Waals surface area (Å²) in [4.78, 5) is 10.7. The van der Waals surface area contributed by atoms with Crippen LogP contribution in [0.4, 0.5) is 0 Å². The van der Waals surface area contributed by atoms with E-state index in [4.69, 9.17) is 11.5 Å². The zero-order chi connectivity index (χ0) is 8.27. The Balaban J connectivity index is 2.52. The molecule has 0 aliphatic heterocycles. The molecule has 0 radical (unpaired) electrons. The molecule has 0 aromatic heterocycles. The van der Waals surface area contributed by atoms with Gasteiger partial charge in [0.2, 0.25) is 5.91 Å². The first-order valence-electron chi connectivity index (χ1n) is 3.93. The topological polar surface area (TPSA) is 69.1 Å². The second kappa shape index (κ2) is 3.53. The number of carbonyl (C=O) groups excluding carboxylic acids is 1. The van der Waals surface area contributed by atoms with E-state index in [-0.39, 0.29) is 5.92 Å². The molecule has 3 heteroatoms. The molecule has 3 nitrogen and oxygen atoms in total. The number of hydrogen-bond donors (Lipinski definition) is 2. The van der Waals surface area contributed by atoms with Gasteiger partial charge in [-0.1, -0.05) is 12.2 Å². The van der Waals surface area contributed by atoms with Crippen LogP contribution in [0.5, 0.6) is 0 Å². The van der Waals surface area contributed by atoms with Crippen molar-refractivity contribution in [3.8, 4) is 0 Å². The van der Waals surface area contributed by atoms with Gasteiger partial charge in [0.1, 0.15) is 0 Å². The summed E-state index contributed by atoms with van der Waals surface area (Å²) in [6.07, 6.45) is 7.26. The maximum absolute atomic E-state index is 10.7. The molecule has 0 aromatic rings. The summed E-state index contributed by atoms with van der Waals surface area (Å²) >= 11 is 0. The highest BCUT2D eigenvalue weighted by molar-refractivity contribution is 5.80. The molecule has 1 amide bonds. The van der Waals surface area contributed by atoms with Crippen LogP contribution in [0.25, 0.3) is 0 Å². The Bertz CT molecular complexity index is 177. The Labute approximate surface area is 66.4 Å². The lowest BCUT2D eigenvalue weighted by Crippen LogP contribution is -2.42. The predicted molar refractivity (Wildman–Crippen MR) is 43.7 cm³/mol. The SMILES string of the molecule is NC(=O)[C@@H](N)C1C=CCCC1. The molecule has 1 unspecified atom stereocenters. The van der Waals surface area contributed by atoms with Crippen molar-refractivity contribution >= 4 is 5.91 Å². The van der Waals surface area contributed by atoms with E-state index in [1.165, 1.54) is 0 Å². The molecule has 4 N–H and O–H groups in total. The third-order valence-electron chi connectivity index (χ3n) is 2.08. The van der Waals surface area contributed by atoms with Crippen LogP contribution in [0.15, 0.2) is 12.2 Å². The molecule has 1 aliphatic carbocycles. The highest BCUT2D eigenvalue weighted by atomic mass is 16.1. The maximum atomic E-state index is 10.7. The lowest BCUT2D eigenvalue weighted by molar-refractivity contribution is -0.120. The van der Waals surface area contributed by atoms with Gasteiger partial charge in [-0.25, -0.2) is 0 Å². The van der Waals surface area contributed by atoms with Crippen molar-refractivity contribution < 1.29 is 4.79 Å². The number of allylic oxidation sites excluding steroid dienone is 1. The molecule has 0 saturated heterocycles. The first kappa shape index (κ1) is 8.27. The molecule has 1 aliphatic rings. The second-order valence-electron chi connectivity index (χ2n) is 2.95. The molecule has 0 bridgehead atoms. The highest BCUT2D eigenvalue weighted by Crippen LogP contribution is 2.18. The van der Waals surface area contributed by atoms with Crippen LogP contribution >= 0.6 is 0 Å². The summed E-state index contributed by atoms with van der Waals surface area (Å²) in [6, 6.07) is -0.494. The summed E-state index contributed by atoms with van der Waals surface area (Å²) < 4.78 is 0. The van der Waals surface area contributed by atoms with Gasteiger partial charge in [-0.15, -0.1) is 0 Å². The van der Waals surface area contributed by atoms with Crippen molar-refractivity contribution in [1.29, 1.82) is 0 Å². The van der Waals surface area contributed by atoms with Crippen molar-refractivity contribution in [3.05, 3.63) is 12.2 Å². The average molecular weight is 154 g/mol. The van der Waals surface area contributed by atoms with Gasteiger partial charge in [0.05, 0.1) is 6.04 Å². The summed E-state index contributed by atoms with van der Waals surface area (Å²) in [5.41, 5.74) is 10.6. The van der Waals surface area contributed by atoms with E-state index in [1.54, 1.807) is 0 Å². The minimum Gasteiger partial charge on any atom is -0.368 e. The third-order valence-corrected chi connectivity index (χ3v) is 2.08. The summed E-state index contributed by atoms with van der Waals surface area (Å²) in [5.74, 6) is -0.234. The van der Waals surface area contributed by atoms with Crippen LogP contribution in [0, 0.1) is 5.92 Å². The normalized spacial score (nSPS) is 26.5. The number of carbonyl (C=O) groups is 1. The molecule has 0 aromatic carbocycles. The van der Waals surface area contributed by atoms with Crippen molar-refractivity contribution in [2.75, 3.05) is 0 Å². The van der Waals surface area contributed by atoms with Crippen LogP contribution < -0.4 is 11.5 Å². The largest absolute Gasteiger partial charge is 0.368 e. The lowest BCUT2D eigenvalue weighted by atomic mass is 9.89. The number of amides is 1. The van der Waals surface area contributed by atoms with E-state index in [0.717, 1.165) is 19.3 Å². The molecule has 0 heterocycles. The fraction of sp³-hybridized carbons (Fsp3) is 0.625. The van der Waals surface area contributed by atoms with E-state index < -0.39 is 11.9 Å². The number of primary amides is 1. The van der Waals surface area contributed by atoms with E-state index in [1.807, 2.05) is 6.08 Å². The van der Waals surface area contributed by atoms with Gasteiger partial charge < -0.3 is 11.5 Å². The Kier molecular flexibility index (Phi) is 2.65. The maximum Gasteiger partial charge on any atom is 0.234 e. The zero-order valence-corrected chi connectivity index (χ0v) is 6.49. The van der Waals surface area contributed by atoms with Crippen molar-refractivity contribution in [1.82, 2.24) is 0 Å². The standard InChI is InChI=1S/C8H14N2O/c9-7(8(10)11)6-4-2-1-3-5-6/h2,4,6-7H,1,3,5,9H2,(H2,10,11)/t6?,7-/m0/s1. The van der Waals surface area contributed by atoms with Gasteiger partial charge in [0, 0.05) is 5.92 Å². The molecule has 0 fully saturated rings. The van der Waals surface area contributed by atoms with Gasteiger partial charge in [0.25, 0.3) is 0 Å². The fourth-order valence-electron chi connectivity index (χ4n) is 1.35. The average Bonchev–Trinajstić information content (AvgIpc) is 2.05. The van der Waals surface area contributed by atoms with Crippen molar-refractivity contribution in [2.24, 2.45) is 17.4 Å². The molecule has 0 saturated carbocycles. The van der Waals surface area contributed by atoms with E-state index in [2.05, 4.69) is 6.08 Å². The van der Waals surface area contributed by atoms with Gasteiger partial charge in [-0.05, 0) is 19.3 Å². The Hall–Kier alpha value is -0.830. The third kappa shape index (κ3) is 2.05. The predicted octanol–water partition coefficient (Wildman–Crippen LogP) is 0.155. The van der Waals surface area contributed by atoms with E-state index >= 15 is 0 Å². The smallest absolute Gasteiger partial charge is 0.234 e. The van der Waals surface area contributed by atoms with Gasteiger partial charge >= 0.3 is 0 Å². The lowest BCUT2D eigenvalue weighted by Gasteiger charge is -2.20. The molecule has 62 valence electrons. The summed E-state index contributed by atoms with van der Waals surface area (Å²) in [6.45, 7) is 0. The Morgan fingerprint density at radius 3 is 2.82 bits per heavy atom. The molecule has 11 heavy (non-hydrogen) atoms. The summed E-state index contributed by atoms with van der Waals surface area (Å²) in [5, 5.41) is 0. The second-order valence-corrected chi connectivity index (χ2v) is 2.95. The van der Waals surface area contributed by atoms with Crippen LogP contribution in [-0.4, -0.2) is 11.9 Å². The molecule has 0 spiro atoms. The first-order chi connectivity index (χ1) is 5.22. The fourth-order valence-corrected chi connectivity index (χ4v) is 1.35. The van der Waals surface area contributed by atoms with Gasteiger partial charge in [-0.2, -0.15) is 0 Å². The number of rotatable bonds is 2. The Morgan fingerprint density at radius 2 is 2.36 bits per heavy atom. The number of hydrogen-bond acceptors (Lipinski definition) is 2. The first-order valence-corrected chi connectivity index (χ1v) is 3.93. The van der Waals surface area contributed by atoms with E-state index in [0.29, 0.717) is 0 Å².